The van der Waals surface area contributed by atoms with Gasteiger partial charge in [-0.15, -0.1) is 0 Å². The molecule has 0 spiro atoms. The Labute approximate surface area is 125 Å². The first-order valence-electron chi connectivity index (χ1n) is 7.67. The van der Waals surface area contributed by atoms with Crippen LogP contribution in [0.15, 0.2) is 30.6 Å². The van der Waals surface area contributed by atoms with Gasteiger partial charge >= 0.3 is 0 Å². The van der Waals surface area contributed by atoms with Crippen LogP contribution in [0, 0.1) is 12.8 Å². The summed E-state index contributed by atoms with van der Waals surface area (Å²) in [5.74, 6) is 0.683. The summed E-state index contributed by atoms with van der Waals surface area (Å²) in [6, 6.07) is 6.30. The van der Waals surface area contributed by atoms with Crippen molar-refractivity contribution >= 4 is 0 Å². The normalized spacial score (nSPS) is 16.3. The molecule has 0 radical (unpaired) electrons. The van der Waals surface area contributed by atoms with Crippen LogP contribution in [0.4, 0.5) is 0 Å². The summed E-state index contributed by atoms with van der Waals surface area (Å²) in [6.07, 6.45) is 6.38. The summed E-state index contributed by atoms with van der Waals surface area (Å²) in [4.78, 5) is 0. The van der Waals surface area contributed by atoms with Crippen molar-refractivity contribution in [2.45, 2.75) is 32.9 Å². The van der Waals surface area contributed by atoms with Gasteiger partial charge < -0.3 is 10.5 Å². The lowest BCUT2D eigenvalue weighted by Gasteiger charge is -2.21. The van der Waals surface area contributed by atoms with E-state index in [-0.39, 0.29) is 0 Å². The predicted octanol–water partition coefficient (Wildman–Crippen LogP) is 2.74. The SMILES string of the molecule is Cc1c(CN)cccc1-c1cnn(CC2CCOCC2)c1. The fraction of sp³-hybridized carbons (Fsp3) is 0.471. The molecule has 1 fully saturated rings. The number of nitrogens with two attached hydrogens (primary N) is 1. The zero-order chi connectivity index (χ0) is 14.7. The number of aromatic nitrogens is 2. The molecule has 4 nitrogen and oxygen atoms in total. The van der Waals surface area contributed by atoms with Crippen molar-refractivity contribution in [3.63, 3.8) is 0 Å². The molecule has 0 saturated carbocycles. The summed E-state index contributed by atoms with van der Waals surface area (Å²) in [5.41, 5.74) is 10.7. The number of ether oxygens (including phenoxy) is 1. The first kappa shape index (κ1) is 14.3. The molecular weight excluding hydrogens is 262 g/mol. The molecule has 0 amide bonds. The lowest BCUT2D eigenvalue weighted by atomic mass is 9.98. The van der Waals surface area contributed by atoms with Gasteiger partial charge in [-0.1, -0.05) is 18.2 Å². The Kier molecular flexibility index (Phi) is 4.36. The molecule has 112 valence electrons. The van der Waals surface area contributed by atoms with Crippen molar-refractivity contribution in [3.05, 3.63) is 41.7 Å². The fourth-order valence-electron chi connectivity index (χ4n) is 3.01. The fourth-order valence-corrected chi connectivity index (χ4v) is 3.01. The zero-order valence-electron chi connectivity index (χ0n) is 12.6. The highest BCUT2D eigenvalue weighted by Crippen LogP contribution is 2.26. The van der Waals surface area contributed by atoms with Crippen molar-refractivity contribution in [2.75, 3.05) is 13.2 Å². The van der Waals surface area contributed by atoms with Crippen molar-refractivity contribution in [1.82, 2.24) is 9.78 Å². The van der Waals surface area contributed by atoms with Crippen molar-refractivity contribution in [1.29, 1.82) is 0 Å². The van der Waals surface area contributed by atoms with Gasteiger partial charge in [0.1, 0.15) is 0 Å². The minimum absolute atomic E-state index is 0.579. The molecule has 2 heterocycles. The summed E-state index contributed by atoms with van der Waals surface area (Å²) >= 11 is 0. The van der Waals surface area contributed by atoms with E-state index in [2.05, 4.69) is 41.1 Å². The third kappa shape index (κ3) is 3.17. The number of benzene rings is 1. The molecule has 3 rings (SSSR count). The van der Waals surface area contributed by atoms with Gasteiger partial charge in [0.2, 0.25) is 0 Å². The van der Waals surface area contributed by atoms with Crippen molar-refractivity contribution in [3.8, 4) is 11.1 Å². The zero-order valence-corrected chi connectivity index (χ0v) is 12.6. The van der Waals surface area contributed by atoms with Gasteiger partial charge in [-0.05, 0) is 42.4 Å². The van der Waals surface area contributed by atoms with E-state index in [4.69, 9.17) is 10.5 Å². The second-order valence-electron chi connectivity index (χ2n) is 5.80. The molecule has 1 aliphatic rings. The molecule has 0 unspecified atom stereocenters. The quantitative estimate of drug-likeness (QED) is 0.939. The molecule has 4 heteroatoms. The average molecular weight is 285 g/mol. The number of rotatable bonds is 4. The highest BCUT2D eigenvalue weighted by molar-refractivity contribution is 5.67. The molecule has 2 N–H and O–H groups in total. The molecular formula is C17H23N3O. The van der Waals surface area contributed by atoms with Crippen LogP contribution in [0.5, 0.6) is 0 Å². The lowest BCUT2D eigenvalue weighted by molar-refractivity contribution is 0.0601. The molecule has 1 aromatic heterocycles. The van der Waals surface area contributed by atoms with E-state index >= 15 is 0 Å². The maximum atomic E-state index is 5.79. The van der Waals surface area contributed by atoms with Crippen LogP contribution in [0.2, 0.25) is 0 Å². The third-order valence-corrected chi connectivity index (χ3v) is 4.40. The van der Waals surface area contributed by atoms with Gasteiger partial charge in [-0.2, -0.15) is 5.10 Å². The van der Waals surface area contributed by atoms with Crippen LogP contribution in [-0.2, 0) is 17.8 Å². The molecule has 1 aromatic carbocycles. The Hall–Kier alpha value is -1.65. The Balaban J connectivity index is 1.78. The third-order valence-electron chi connectivity index (χ3n) is 4.40. The van der Waals surface area contributed by atoms with E-state index in [9.17, 15) is 0 Å². The molecule has 21 heavy (non-hydrogen) atoms. The number of hydrogen-bond donors (Lipinski definition) is 1. The van der Waals surface area contributed by atoms with Crippen LogP contribution < -0.4 is 5.73 Å². The van der Waals surface area contributed by atoms with Crippen LogP contribution in [-0.4, -0.2) is 23.0 Å². The van der Waals surface area contributed by atoms with E-state index in [1.54, 1.807) is 0 Å². The van der Waals surface area contributed by atoms with Gasteiger partial charge in [-0.25, -0.2) is 0 Å². The second kappa shape index (κ2) is 6.41. The Morgan fingerprint density at radius 3 is 2.90 bits per heavy atom. The number of nitrogens with zero attached hydrogens (tertiary/aromatic N) is 2. The van der Waals surface area contributed by atoms with Crippen LogP contribution in [0.25, 0.3) is 11.1 Å². The van der Waals surface area contributed by atoms with Gasteiger partial charge in [0.15, 0.2) is 0 Å². The summed E-state index contributed by atoms with van der Waals surface area (Å²) in [7, 11) is 0. The van der Waals surface area contributed by atoms with Crippen molar-refractivity contribution in [2.24, 2.45) is 11.7 Å². The van der Waals surface area contributed by atoms with Gasteiger partial charge in [0, 0.05) is 38.1 Å². The minimum atomic E-state index is 0.579. The van der Waals surface area contributed by atoms with Crippen LogP contribution in [0.3, 0.4) is 0 Å². The smallest absolute Gasteiger partial charge is 0.0568 e. The first-order chi connectivity index (χ1) is 10.3. The highest BCUT2D eigenvalue weighted by Gasteiger charge is 2.15. The van der Waals surface area contributed by atoms with Gasteiger partial charge in [0.25, 0.3) is 0 Å². The second-order valence-corrected chi connectivity index (χ2v) is 5.80. The van der Waals surface area contributed by atoms with E-state index < -0.39 is 0 Å². The summed E-state index contributed by atoms with van der Waals surface area (Å²) in [6.45, 7) is 5.47. The highest BCUT2D eigenvalue weighted by atomic mass is 16.5. The summed E-state index contributed by atoms with van der Waals surface area (Å²) in [5, 5.41) is 4.53. The van der Waals surface area contributed by atoms with Gasteiger partial charge in [0.05, 0.1) is 6.20 Å². The molecule has 1 aliphatic heterocycles. The summed E-state index contributed by atoms with van der Waals surface area (Å²) < 4.78 is 7.48. The average Bonchev–Trinajstić information content (AvgIpc) is 2.97. The largest absolute Gasteiger partial charge is 0.381 e. The molecule has 0 atom stereocenters. The van der Waals surface area contributed by atoms with E-state index in [0.717, 1.165) is 32.6 Å². The molecule has 1 saturated heterocycles. The van der Waals surface area contributed by atoms with Gasteiger partial charge in [-0.3, -0.25) is 4.68 Å². The maximum Gasteiger partial charge on any atom is 0.0568 e. The van der Waals surface area contributed by atoms with E-state index in [1.165, 1.54) is 22.3 Å². The lowest BCUT2D eigenvalue weighted by Crippen LogP contribution is -2.20. The minimum Gasteiger partial charge on any atom is -0.381 e. The molecule has 0 bridgehead atoms. The topological polar surface area (TPSA) is 53.1 Å². The monoisotopic (exact) mass is 285 g/mol. The van der Waals surface area contributed by atoms with E-state index in [0.29, 0.717) is 12.5 Å². The molecule has 2 aromatic rings. The van der Waals surface area contributed by atoms with Crippen LogP contribution in [0.1, 0.15) is 24.0 Å². The van der Waals surface area contributed by atoms with E-state index in [1.807, 2.05) is 6.20 Å². The Bertz CT molecular complexity index is 600. The Morgan fingerprint density at radius 1 is 1.33 bits per heavy atom. The number of hydrogen-bond acceptors (Lipinski definition) is 3. The van der Waals surface area contributed by atoms with Crippen LogP contribution >= 0.6 is 0 Å². The standard InChI is InChI=1S/C17H23N3O/c1-13-15(9-18)3-2-4-17(13)16-10-19-20(12-16)11-14-5-7-21-8-6-14/h2-4,10,12,14H,5-9,11,18H2,1H3. The van der Waals surface area contributed by atoms with Crippen molar-refractivity contribution < 1.29 is 4.74 Å². The predicted molar refractivity (Wildman–Crippen MR) is 83.8 cm³/mol. The molecule has 0 aliphatic carbocycles. The first-order valence-corrected chi connectivity index (χ1v) is 7.67. The Morgan fingerprint density at radius 2 is 2.14 bits per heavy atom. The maximum absolute atomic E-state index is 5.79.